The molecule has 220 valence electrons. The maximum Gasteiger partial charge on any atom is 0.338 e. The molecular weight excluding hydrogens is 576 g/mol. The van der Waals surface area contributed by atoms with E-state index in [9.17, 15) is 9.59 Å². The van der Waals surface area contributed by atoms with Crippen LogP contribution < -0.4 is 29.1 Å². The SMILES string of the molecule is CCOC(=O)C1=C(C)N=c2s/c(=C\c3ccccc3OCc3cccc4ccccc34)c(=O)n2C1c1ccc2c(c1)OCO2. The Balaban J connectivity index is 1.30. The summed E-state index contributed by atoms with van der Waals surface area (Å²) in [6.45, 7) is 4.20. The highest BCUT2D eigenvalue weighted by atomic mass is 32.1. The quantitative estimate of drug-likeness (QED) is 0.236. The van der Waals surface area contributed by atoms with Gasteiger partial charge in [0.25, 0.3) is 5.56 Å². The molecule has 0 saturated carbocycles. The highest BCUT2D eigenvalue weighted by Crippen LogP contribution is 2.38. The number of hydrogen-bond acceptors (Lipinski definition) is 8. The van der Waals surface area contributed by atoms with Crippen LogP contribution in [0.15, 0.2) is 106 Å². The number of hydrogen-bond donors (Lipinski definition) is 0. The first-order valence-corrected chi connectivity index (χ1v) is 15.1. The summed E-state index contributed by atoms with van der Waals surface area (Å²) in [4.78, 5) is 32.5. The highest BCUT2D eigenvalue weighted by molar-refractivity contribution is 7.07. The number of carbonyl (C=O) groups excluding carboxylic acids is 1. The number of aromatic nitrogens is 1. The van der Waals surface area contributed by atoms with Crippen molar-refractivity contribution in [3.63, 3.8) is 0 Å². The van der Waals surface area contributed by atoms with Crippen LogP contribution in [0.4, 0.5) is 0 Å². The monoisotopic (exact) mass is 604 g/mol. The van der Waals surface area contributed by atoms with E-state index < -0.39 is 12.0 Å². The number of esters is 1. The van der Waals surface area contributed by atoms with Crippen molar-refractivity contribution in [2.24, 2.45) is 4.99 Å². The third-order valence-corrected chi connectivity index (χ3v) is 8.68. The van der Waals surface area contributed by atoms with Gasteiger partial charge in [-0.05, 0) is 60.0 Å². The fraction of sp³-hybridized carbons (Fsp3) is 0.171. The van der Waals surface area contributed by atoms with Gasteiger partial charge in [-0.3, -0.25) is 9.36 Å². The van der Waals surface area contributed by atoms with Crippen molar-refractivity contribution in [1.29, 1.82) is 0 Å². The fourth-order valence-corrected chi connectivity index (χ4v) is 6.67. The lowest BCUT2D eigenvalue weighted by atomic mass is 9.95. The predicted octanol–water partition coefficient (Wildman–Crippen LogP) is 5.26. The van der Waals surface area contributed by atoms with Crippen molar-refractivity contribution in [1.82, 2.24) is 4.57 Å². The number of nitrogens with zero attached hydrogens (tertiary/aromatic N) is 2. The van der Waals surface area contributed by atoms with Crippen molar-refractivity contribution in [3.8, 4) is 17.2 Å². The number of ether oxygens (including phenoxy) is 4. The Labute approximate surface area is 256 Å². The van der Waals surface area contributed by atoms with E-state index in [0.29, 0.717) is 50.0 Å². The lowest BCUT2D eigenvalue weighted by Gasteiger charge is -2.24. The zero-order chi connectivity index (χ0) is 30.2. The van der Waals surface area contributed by atoms with Crippen LogP contribution in [0.2, 0.25) is 0 Å². The van der Waals surface area contributed by atoms with Crippen molar-refractivity contribution in [2.75, 3.05) is 13.4 Å². The molecule has 7 rings (SSSR count). The summed E-state index contributed by atoms with van der Waals surface area (Å²) in [5.74, 6) is 1.30. The number of fused-ring (bicyclic) bond motifs is 3. The Morgan fingerprint density at radius 3 is 2.70 bits per heavy atom. The van der Waals surface area contributed by atoms with Gasteiger partial charge in [0.2, 0.25) is 6.79 Å². The minimum atomic E-state index is -0.750. The fourth-order valence-electron chi connectivity index (χ4n) is 5.64. The molecule has 0 spiro atoms. The number of thiazole rings is 1. The molecule has 1 atom stereocenters. The molecule has 9 heteroatoms. The van der Waals surface area contributed by atoms with E-state index in [1.54, 1.807) is 30.5 Å². The average molecular weight is 605 g/mol. The smallest absolute Gasteiger partial charge is 0.338 e. The maximum absolute atomic E-state index is 14.1. The Kier molecular flexibility index (Phi) is 7.23. The second-order valence-electron chi connectivity index (χ2n) is 10.4. The van der Waals surface area contributed by atoms with Crippen LogP contribution in [-0.2, 0) is 16.1 Å². The van der Waals surface area contributed by atoms with Gasteiger partial charge in [-0.15, -0.1) is 0 Å². The summed E-state index contributed by atoms with van der Waals surface area (Å²) in [5.41, 5.74) is 3.07. The van der Waals surface area contributed by atoms with Crippen LogP contribution >= 0.6 is 11.3 Å². The Morgan fingerprint density at radius 2 is 1.82 bits per heavy atom. The summed E-state index contributed by atoms with van der Waals surface area (Å²) in [5, 5.41) is 2.29. The third-order valence-electron chi connectivity index (χ3n) is 7.70. The molecule has 8 nitrogen and oxygen atoms in total. The molecule has 3 heterocycles. The Hall–Kier alpha value is -5.15. The lowest BCUT2D eigenvalue weighted by Crippen LogP contribution is -2.39. The number of benzene rings is 4. The molecule has 0 fully saturated rings. The summed E-state index contributed by atoms with van der Waals surface area (Å²) in [7, 11) is 0. The molecule has 0 amide bonds. The highest BCUT2D eigenvalue weighted by Gasteiger charge is 2.34. The molecular formula is C35H28N2O6S. The van der Waals surface area contributed by atoms with Crippen LogP contribution in [0.5, 0.6) is 17.2 Å². The lowest BCUT2D eigenvalue weighted by molar-refractivity contribution is -0.139. The summed E-state index contributed by atoms with van der Waals surface area (Å²) < 4.78 is 24.9. The second-order valence-corrected chi connectivity index (χ2v) is 11.4. The van der Waals surface area contributed by atoms with Crippen molar-refractivity contribution < 1.29 is 23.7 Å². The average Bonchev–Trinajstić information content (AvgIpc) is 3.63. The van der Waals surface area contributed by atoms with Gasteiger partial charge in [-0.1, -0.05) is 78.1 Å². The first-order chi connectivity index (χ1) is 21.5. The van der Waals surface area contributed by atoms with Gasteiger partial charge in [0.05, 0.1) is 28.5 Å². The van der Waals surface area contributed by atoms with Gasteiger partial charge >= 0.3 is 5.97 Å². The summed E-state index contributed by atoms with van der Waals surface area (Å²) in [6, 6.07) is 26.7. The molecule has 0 aliphatic carbocycles. The molecule has 0 bridgehead atoms. The second kappa shape index (κ2) is 11.5. The van der Waals surface area contributed by atoms with Gasteiger partial charge in [-0.2, -0.15) is 0 Å². The number of carbonyl (C=O) groups is 1. The van der Waals surface area contributed by atoms with Gasteiger partial charge in [-0.25, -0.2) is 9.79 Å². The van der Waals surface area contributed by atoms with E-state index in [0.717, 1.165) is 21.9 Å². The number of allylic oxidation sites excluding steroid dienone is 1. The minimum absolute atomic E-state index is 0.114. The summed E-state index contributed by atoms with van der Waals surface area (Å²) >= 11 is 1.27. The molecule has 44 heavy (non-hydrogen) atoms. The van der Waals surface area contributed by atoms with Crippen molar-refractivity contribution in [2.45, 2.75) is 26.5 Å². The van der Waals surface area contributed by atoms with Gasteiger partial charge in [0.1, 0.15) is 12.4 Å². The predicted molar refractivity (Wildman–Crippen MR) is 168 cm³/mol. The summed E-state index contributed by atoms with van der Waals surface area (Å²) in [6.07, 6.45) is 1.82. The molecule has 2 aliphatic heterocycles. The van der Waals surface area contributed by atoms with E-state index in [4.69, 9.17) is 18.9 Å². The maximum atomic E-state index is 14.1. The first-order valence-electron chi connectivity index (χ1n) is 14.3. The Bertz CT molecular complexity index is 2140. The van der Waals surface area contributed by atoms with Gasteiger partial charge < -0.3 is 18.9 Å². The van der Waals surface area contributed by atoms with E-state index in [2.05, 4.69) is 29.3 Å². The molecule has 0 saturated heterocycles. The number of rotatable bonds is 7. The molecule has 5 aromatic rings. The van der Waals surface area contributed by atoms with E-state index in [1.807, 2.05) is 54.6 Å². The van der Waals surface area contributed by atoms with Gasteiger partial charge in [0.15, 0.2) is 16.3 Å². The van der Waals surface area contributed by atoms with Crippen LogP contribution in [0.25, 0.3) is 16.8 Å². The van der Waals surface area contributed by atoms with Crippen LogP contribution in [0, 0.1) is 0 Å². The van der Waals surface area contributed by atoms with Gasteiger partial charge in [0, 0.05) is 5.56 Å². The molecule has 4 aromatic carbocycles. The number of para-hydroxylation sites is 1. The van der Waals surface area contributed by atoms with Crippen molar-refractivity contribution >= 4 is 34.2 Å². The van der Waals surface area contributed by atoms with Crippen LogP contribution in [0.3, 0.4) is 0 Å². The molecule has 0 N–H and O–H groups in total. The van der Waals surface area contributed by atoms with E-state index in [-0.39, 0.29) is 19.0 Å². The minimum Gasteiger partial charge on any atom is -0.488 e. The molecule has 2 aliphatic rings. The van der Waals surface area contributed by atoms with Crippen LogP contribution in [0.1, 0.15) is 36.6 Å². The third kappa shape index (κ3) is 4.95. The topological polar surface area (TPSA) is 88.4 Å². The normalized spacial score (nSPS) is 15.7. The van der Waals surface area contributed by atoms with Crippen molar-refractivity contribution in [3.05, 3.63) is 133 Å². The largest absolute Gasteiger partial charge is 0.488 e. The first kappa shape index (κ1) is 27.7. The zero-order valence-corrected chi connectivity index (χ0v) is 24.9. The standard InChI is InChI=1S/C35H28N2O6S/c1-3-40-34(39)31-21(2)36-35-37(32(31)24-15-16-28-29(17-24)43-20-42-28)33(38)30(44-35)18-23-10-5-7-14-27(23)41-19-25-12-8-11-22-9-4-6-13-26(22)25/h4-18,32H,3,19-20H2,1-2H3/b30-18-. The molecule has 1 unspecified atom stereocenters. The Morgan fingerprint density at radius 1 is 1.02 bits per heavy atom. The molecule has 0 radical (unpaired) electrons. The molecule has 1 aromatic heterocycles. The van der Waals surface area contributed by atoms with E-state index in [1.165, 1.54) is 11.3 Å². The van der Waals surface area contributed by atoms with Crippen LogP contribution in [-0.4, -0.2) is 23.9 Å². The zero-order valence-electron chi connectivity index (χ0n) is 24.1. The van der Waals surface area contributed by atoms with E-state index >= 15 is 0 Å².